The Hall–Kier alpha value is -2.54. The quantitative estimate of drug-likeness (QED) is 0.834. The second-order valence-electron chi connectivity index (χ2n) is 5.93. The Bertz CT molecular complexity index is 733. The number of likely N-dealkylation sites (tertiary alicyclic amines) is 1. The summed E-state index contributed by atoms with van der Waals surface area (Å²) in [6.45, 7) is 1.45. The van der Waals surface area contributed by atoms with Crippen LogP contribution in [0.1, 0.15) is 24.5 Å². The van der Waals surface area contributed by atoms with Gasteiger partial charge in [0, 0.05) is 38.4 Å². The van der Waals surface area contributed by atoms with Gasteiger partial charge in [0.25, 0.3) is 0 Å². The molecule has 0 radical (unpaired) electrons. The molecule has 6 nitrogen and oxygen atoms in total. The number of carbonyl (C=O) groups is 1. The maximum atomic E-state index is 13.2. The highest BCUT2D eigenvalue weighted by Gasteiger charge is 2.25. The number of methoxy groups -OCH3 is 1. The van der Waals surface area contributed by atoms with E-state index >= 15 is 0 Å². The van der Waals surface area contributed by atoms with Crippen LogP contribution < -0.4 is 4.74 Å². The summed E-state index contributed by atoms with van der Waals surface area (Å²) in [5, 5.41) is 0. The molecule has 3 rings (SSSR count). The van der Waals surface area contributed by atoms with Crippen LogP contribution >= 0.6 is 0 Å². The van der Waals surface area contributed by atoms with Gasteiger partial charge in [0.2, 0.25) is 11.8 Å². The van der Waals surface area contributed by atoms with Crippen LogP contribution in [-0.4, -0.2) is 47.6 Å². The van der Waals surface area contributed by atoms with Gasteiger partial charge >= 0.3 is 0 Å². The summed E-state index contributed by atoms with van der Waals surface area (Å²) in [7, 11) is 1.52. The molecule has 25 heavy (non-hydrogen) atoms. The normalized spacial score (nSPS) is 15.2. The van der Waals surface area contributed by atoms with Crippen molar-refractivity contribution in [3.05, 3.63) is 48.2 Å². The first-order valence-corrected chi connectivity index (χ1v) is 8.18. The van der Waals surface area contributed by atoms with Crippen molar-refractivity contribution >= 4 is 5.91 Å². The molecule has 1 fully saturated rings. The van der Waals surface area contributed by atoms with E-state index in [0.29, 0.717) is 24.7 Å². The molecule has 1 aliphatic heterocycles. The molecule has 1 aromatic heterocycles. The maximum absolute atomic E-state index is 13.2. The SMILES string of the molecule is COCC(=O)N1CCC(c2cncc(Oc3cccc(F)c3)n2)CC1. The molecule has 1 aromatic carbocycles. The highest BCUT2D eigenvalue weighted by atomic mass is 19.1. The minimum atomic E-state index is -0.366. The lowest BCUT2D eigenvalue weighted by atomic mass is 9.94. The number of benzene rings is 1. The number of halogens is 1. The van der Waals surface area contributed by atoms with Crippen molar-refractivity contribution in [3.63, 3.8) is 0 Å². The lowest BCUT2D eigenvalue weighted by Gasteiger charge is -2.31. The van der Waals surface area contributed by atoms with Crippen LogP contribution in [0, 0.1) is 5.82 Å². The van der Waals surface area contributed by atoms with Gasteiger partial charge in [-0.25, -0.2) is 9.37 Å². The third-order valence-electron chi connectivity index (χ3n) is 4.18. The van der Waals surface area contributed by atoms with Gasteiger partial charge < -0.3 is 14.4 Å². The molecule has 7 heteroatoms. The van der Waals surface area contributed by atoms with E-state index in [0.717, 1.165) is 18.5 Å². The number of ether oxygens (including phenoxy) is 2. The minimum absolute atomic E-state index is 0.00947. The summed E-state index contributed by atoms with van der Waals surface area (Å²) in [6, 6.07) is 5.90. The number of rotatable bonds is 5. The first-order valence-electron chi connectivity index (χ1n) is 8.18. The van der Waals surface area contributed by atoms with Gasteiger partial charge in [-0.15, -0.1) is 0 Å². The first kappa shape index (κ1) is 17.3. The molecule has 2 aromatic rings. The Balaban J connectivity index is 1.63. The summed E-state index contributed by atoms with van der Waals surface area (Å²) in [6.07, 6.45) is 4.85. The third kappa shape index (κ3) is 4.51. The first-order chi connectivity index (χ1) is 12.2. The van der Waals surface area contributed by atoms with Crippen molar-refractivity contribution in [1.82, 2.24) is 14.9 Å². The molecular formula is C18H20FN3O3. The number of hydrogen-bond acceptors (Lipinski definition) is 5. The predicted octanol–water partition coefficient (Wildman–Crippen LogP) is 2.76. The van der Waals surface area contributed by atoms with Crippen LogP contribution in [0.5, 0.6) is 11.6 Å². The summed E-state index contributed by atoms with van der Waals surface area (Å²) in [5.41, 5.74) is 0.827. The number of piperidine rings is 1. The molecule has 0 bridgehead atoms. The molecule has 1 saturated heterocycles. The van der Waals surface area contributed by atoms with E-state index in [9.17, 15) is 9.18 Å². The van der Waals surface area contributed by atoms with E-state index in [4.69, 9.17) is 9.47 Å². The average molecular weight is 345 g/mol. The summed E-state index contributed by atoms with van der Waals surface area (Å²) in [5.74, 6) is 0.576. The third-order valence-corrected chi connectivity index (χ3v) is 4.18. The highest BCUT2D eigenvalue weighted by Crippen LogP contribution is 2.28. The topological polar surface area (TPSA) is 64.5 Å². The fourth-order valence-corrected chi connectivity index (χ4v) is 2.90. The summed E-state index contributed by atoms with van der Waals surface area (Å²) < 4.78 is 23.7. The number of aromatic nitrogens is 2. The zero-order valence-corrected chi connectivity index (χ0v) is 14.0. The fraction of sp³-hybridized carbons (Fsp3) is 0.389. The van der Waals surface area contributed by atoms with Crippen LogP contribution in [0.25, 0.3) is 0 Å². The van der Waals surface area contributed by atoms with Crippen molar-refractivity contribution < 1.29 is 18.7 Å². The van der Waals surface area contributed by atoms with Crippen LogP contribution in [-0.2, 0) is 9.53 Å². The molecule has 0 saturated carbocycles. The van der Waals surface area contributed by atoms with Crippen molar-refractivity contribution in [3.8, 4) is 11.6 Å². The summed E-state index contributed by atoms with van der Waals surface area (Å²) in [4.78, 5) is 22.3. The minimum Gasteiger partial charge on any atom is -0.437 e. The van der Waals surface area contributed by atoms with Gasteiger partial charge in [0.05, 0.1) is 11.9 Å². The van der Waals surface area contributed by atoms with E-state index in [2.05, 4.69) is 9.97 Å². The molecule has 0 unspecified atom stereocenters. The largest absolute Gasteiger partial charge is 0.437 e. The molecular weight excluding hydrogens is 325 g/mol. The Morgan fingerprint density at radius 3 is 2.84 bits per heavy atom. The Morgan fingerprint density at radius 2 is 2.12 bits per heavy atom. The van der Waals surface area contributed by atoms with Gasteiger partial charge in [-0.1, -0.05) is 6.07 Å². The van der Waals surface area contributed by atoms with Gasteiger partial charge in [-0.2, -0.15) is 0 Å². The lowest BCUT2D eigenvalue weighted by molar-refractivity contribution is -0.136. The number of amides is 1. The Morgan fingerprint density at radius 1 is 1.32 bits per heavy atom. The molecule has 0 N–H and O–H groups in total. The monoisotopic (exact) mass is 345 g/mol. The smallest absolute Gasteiger partial charge is 0.248 e. The van der Waals surface area contributed by atoms with E-state index in [1.54, 1.807) is 23.2 Å². The molecule has 0 aliphatic carbocycles. The zero-order valence-electron chi connectivity index (χ0n) is 14.0. The average Bonchev–Trinajstić information content (AvgIpc) is 2.62. The Kier molecular flexibility index (Phi) is 5.55. The molecule has 0 spiro atoms. The van der Waals surface area contributed by atoms with E-state index in [1.165, 1.54) is 25.4 Å². The molecule has 132 valence electrons. The molecule has 2 heterocycles. The molecule has 1 aliphatic rings. The lowest BCUT2D eigenvalue weighted by Crippen LogP contribution is -2.39. The predicted molar refractivity (Wildman–Crippen MR) is 88.9 cm³/mol. The van der Waals surface area contributed by atoms with Crippen molar-refractivity contribution in [2.75, 3.05) is 26.8 Å². The standard InChI is InChI=1S/C18H20FN3O3/c1-24-12-18(23)22-7-5-13(6-8-22)16-10-20-11-17(21-16)25-15-4-2-3-14(19)9-15/h2-4,9-11,13H,5-8,12H2,1H3. The van der Waals surface area contributed by atoms with Crippen molar-refractivity contribution in [2.24, 2.45) is 0 Å². The molecule has 1 amide bonds. The van der Waals surface area contributed by atoms with E-state index in [-0.39, 0.29) is 24.2 Å². The second kappa shape index (κ2) is 8.02. The zero-order chi connectivity index (χ0) is 17.6. The van der Waals surface area contributed by atoms with Crippen LogP contribution in [0.15, 0.2) is 36.7 Å². The second-order valence-corrected chi connectivity index (χ2v) is 5.93. The van der Waals surface area contributed by atoms with Gasteiger partial charge in [0.1, 0.15) is 18.2 Å². The summed E-state index contributed by atoms with van der Waals surface area (Å²) >= 11 is 0. The fourth-order valence-electron chi connectivity index (χ4n) is 2.90. The molecule has 0 atom stereocenters. The number of hydrogen-bond donors (Lipinski definition) is 0. The van der Waals surface area contributed by atoms with Gasteiger partial charge in [0.15, 0.2) is 0 Å². The number of carbonyl (C=O) groups excluding carboxylic acids is 1. The maximum Gasteiger partial charge on any atom is 0.248 e. The van der Waals surface area contributed by atoms with E-state index < -0.39 is 0 Å². The van der Waals surface area contributed by atoms with Crippen molar-refractivity contribution in [2.45, 2.75) is 18.8 Å². The van der Waals surface area contributed by atoms with Crippen molar-refractivity contribution in [1.29, 1.82) is 0 Å². The Labute approximate surface area is 145 Å². The van der Waals surface area contributed by atoms with Crippen LogP contribution in [0.3, 0.4) is 0 Å². The van der Waals surface area contributed by atoms with Gasteiger partial charge in [-0.05, 0) is 25.0 Å². The van der Waals surface area contributed by atoms with Crippen LogP contribution in [0.2, 0.25) is 0 Å². The van der Waals surface area contributed by atoms with Gasteiger partial charge in [-0.3, -0.25) is 9.78 Å². The van der Waals surface area contributed by atoms with Crippen LogP contribution in [0.4, 0.5) is 4.39 Å². The number of nitrogens with zero attached hydrogens (tertiary/aromatic N) is 3. The highest BCUT2D eigenvalue weighted by molar-refractivity contribution is 5.77. The van der Waals surface area contributed by atoms with E-state index in [1.807, 2.05) is 0 Å².